The molecule has 0 aromatic heterocycles. The molecule has 0 atom stereocenters. The Balaban J connectivity index is 0.840. The van der Waals surface area contributed by atoms with Crippen LogP contribution in [0.1, 0.15) is 82.7 Å². The summed E-state index contributed by atoms with van der Waals surface area (Å²) in [4.78, 5) is 15.5. The van der Waals surface area contributed by atoms with E-state index in [-0.39, 0.29) is 102 Å². The molecular weight excluding hydrogens is 1510 g/mol. The van der Waals surface area contributed by atoms with E-state index in [1.807, 2.05) is 346 Å². The van der Waals surface area contributed by atoms with Gasteiger partial charge in [0, 0.05) is 11.1 Å². The molecule has 15 nitrogen and oxygen atoms in total. The van der Waals surface area contributed by atoms with Gasteiger partial charge in [-0.2, -0.15) is 5.10 Å². The lowest BCUT2D eigenvalue weighted by atomic mass is 9.97. The van der Waals surface area contributed by atoms with Crippen molar-refractivity contribution in [1.82, 2.24) is 5.43 Å². The third-order valence-electron chi connectivity index (χ3n) is 20.0. The van der Waals surface area contributed by atoms with Crippen molar-refractivity contribution in [3.05, 3.63) is 454 Å². The van der Waals surface area contributed by atoms with Crippen LogP contribution in [0.3, 0.4) is 0 Å². The van der Waals surface area contributed by atoms with E-state index in [1.165, 1.54) is 0 Å². The van der Waals surface area contributed by atoms with E-state index in [2.05, 4.69) is 23.6 Å². The molecule has 0 radical (unpaired) electrons. The molecule has 1 amide bonds. The molecule has 0 aliphatic rings. The average Bonchev–Trinajstić information content (AvgIpc) is 0.768. The Morgan fingerprint density at radius 1 is 0.215 bits per heavy atom. The Labute approximate surface area is 704 Å². The lowest BCUT2D eigenvalue weighted by Crippen LogP contribution is -2.18. The molecule has 0 saturated carbocycles. The first kappa shape index (κ1) is 79.6. The molecule has 16 rings (SSSR count). The normalized spacial score (nSPS) is 11.0. The fourth-order valence-electron chi connectivity index (χ4n) is 13.8. The molecule has 15 heteroatoms. The molecule has 0 bridgehead atoms. The molecule has 0 unspecified atom stereocenters. The maximum absolute atomic E-state index is 15.5. The minimum Gasteiger partial charge on any atom is -0.485 e. The predicted molar refractivity (Wildman–Crippen MR) is 472 cm³/mol. The lowest BCUT2D eigenvalue weighted by molar-refractivity contribution is 0.0953. The number of carbonyl (C=O) groups excluding carboxylic acids is 1. The highest BCUT2D eigenvalue weighted by Gasteiger charge is 2.26. The summed E-state index contributed by atoms with van der Waals surface area (Å²) < 4.78 is 83.2. The van der Waals surface area contributed by atoms with Gasteiger partial charge in [-0.25, -0.2) is 5.43 Å². The first-order chi connectivity index (χ1) is 59.9. The maximum atomic E-state index is 15.5. The second kappa shape index (κ2) is 40.6. The van der Waals surface area contributed by atoms with E-state index in [9.17, 15) is 0 Å². The summed E-state index contributed by atoms with van der Waals surface area (Å²) in [6, 6.07) is 122. The van der Waals surface area contributed by atoms with Crippen molar-refractivity contribution in [3.63, 3.8) is 0 Å². The third-order valence-corrected chi connectivity index (χ3v) is 20.0. The Kier molecular flexibility index (Phi) is 26.7. The quantitative estimate of drug-likeness (QED) is 0.0221. The van der Waals surface area contributed by atoms with Crippen molar-refractivity contribution in [1.29, 1.82) is 0 Å². The van der Waals surface area contributed by atoms with Gasteiger partial charge in [0.1, 0.15) is 79.3 Å². The first-order valence-electron chi connectivity index (χ1n) is 40.2. The Hall–Kier alpha value is -15.2. The van der Waals surface area contributed by atoms with Gasteiger partial charge in [-0.1, -0.05) is 322 Å². The second-order valence-electron chi connectivity index (χ2n) is 28.8. The van der Waals surface area contributed by atoms with E-state index in [0.29, 0.717) is 68.4 Å². The van der Waals surface area contributed by atoms with Crippen molar-refractivity contribution < 1.29 is 61.6 Å². The van der Waals surface area contributed by atoms with Gasteiger partial charge >= 0.3 is 0 Å². The fourth-order valence-corrected chi connectivity index (χ4v) is 13.8. The van der Waals surface area contributed by atoms with Gasteiger partial charge in [0.15, 0.2) is 46.0 Å². The number of carbonyl (C=O) groups is 1. The second-order valence-corrected chi connectivity index (χ2v) is 28.8. The van der Waals surface area contributed by atoms with E-state index in [1.54, 1.807) is 18.3 Å². The van der Waals surface area contributed by atoms with E-state index >= 15 is 4.79 Å². The van der Waals surface area contributed by atoms with Gasteiger partial charge in [0.2, 0.25) is 23.0 Å². The highest BCUT2D eigenvalue weighted by Crippen LogP contribution is 2.47. The first-order valence-corrected chi connectivity index (χ1v) is 40.2. The molecule has 600 valence electrons. The molecule has 0 aliphatic carbocycles. The lowest BCUT2D eigenvalue weighted by Gasteiger charge is -2.22. The number of rotatable bonds is 39. The summed E-state index contributed by atoms with van der Waals surface area (Å²) in [7, 11) is 0. The molecule has 121 heavy (non-hydrogen) atoms. The van der Waals surface area contributed by atoms with Gasteiger partial charge in [0.25, 0.3) is 5.91 Å². The molecule has 0 fully saturated rings. The molecule has 1 N–H and O–H groups in total. The number of hydrazone groups is 1. The number of amides is 1. The highest BCUT2D eigenvalue weighted by molar-refractivity contribution is 6.13. The number of nitrogens with zero attached hydrogens (tertiary/aromatic N) is 1. The van der Waals surface area contributed by atoms with Crippen LogP contribution >= 0.6 is 0 Å². The van der Waals surface area contributed by atoms with Crippen LogP contribution in [0.5, 0.6) is 69.0 Å². The van der Waals surface area contributed by atoms with Crippen molar-refractivity contribution in [2.24, 2.45) is 5.10 Å². The number of hydrogen-bond donors (Lipinski definition) is 1. The number of hydrogen-bond acceptors (Lipinski definition) is 14. The molecular formula is C106H88N2O13. The summed E-state index contributed by atoms with van der Waals surface area (Å²) in [6.45, 7) is 1.38. The molecule has 0 saturated heterocycles. The standard InChI is InChI=1S/C106H88N2O13/c109-106(108-107-63-93-91-52-30-28-50-88(91)60-89-51-29-31-53-92(89)93)90-61-100(116-73-85-54-94(110-64-76-32-10-1-11-33-76)102(118-70-82-44-22-7-23-45-82)95(55-85)111-65-77-34-12-2-13-35-77)105(121-75-87-58-98(114-68-80-40-18-5-19-41-80)104(120-72-84-48-26-9-27-49-84)99(59-87)115-69-81-42-20-6-21-43-81)101(62-90)117-74-86-56-96(112-66-78-36-14-3-15-37-78)103(119-71-83-46-24-8-25-47-83)97(57-86)113-67-79-38-16-4-17-39-79/h1-63H,64-75H2,(H,108,109). The van der Waals surface area contributed by atoms with Crippen LogP contribution in [0.15, 0.2) is 381 Å². The number of nitrogens with one attached hydrogen (secondary N) is 1. The summed E-state index contributed by atoms with van der Waals surface area (Å²) >= 11 is 0. The van der Waals surface area contributed by atoms with E-state index < -0.39 is 5.91 Å². The van der Waals surface area contributed by atoms with Crippen molar-refractivity contribution in [3.8, 4) is 69.0 Å². The molecule has 0 heterocycles. The number of benzene rings is 16. The smallest absolute Gasteiger partial charge is 0.271 e. The maximum Gasteiger partial charge on any atom is 0.271 e. The van der Waals surface area contributed by atoms with Crippen LogP contribution < -0.4 is 62.3 Å². The summed E-state index contributed by atoms with van der Waals surface area (Å²) in [5.74, 6) is 3.34. The molecule has 16 aromatic carbocycles. The Morgan fingerprint density at radius 3 is 0.645 bits per heavy atom. The minimum absolute atomic E-state index is 0.109. The van der Waals surface area contributed by atoms with Crippen molar-refractivity contribution >= 4 is 33.7 Å². The van der Waals surface area contributed by atoms with Gasteiger partial charge in [0.05, 0.1) is 6.21 Å². The van der Waals surface area contributed by atoms with Gasteiger partial charge < -0.3 is 56.8 Å². The SMILES string of the molecule is O=C(NN=Cc1c2ccccc2cc2ccccc12)c1cc(OCc2cc(OCc3ccccc3)c(OCc3ccccc3)c(OCc3ccccc3)c2)c(OCc2cc(OCc3ccccc3)c(OCc3ccccc3)c(OCc3ccccc3)c2)c(OCc2cc(OCc3ccccc3)c(OCc3ccccc3)c(OCc3ccccc3)c2)c1. The van der Waals surface area contributed by atoms with Crippen LogP contribution in [0.4, 0.5) is 0 Å². The molecule has 0 spiro atoms. The topological polar surface area (TPSA) is 152 Å². The van der Waals surface area contributed by atoms with Crippen LogP contribution in [0, 0.1) is 0 Å². The van der Waals surface area contributed by atoms with Gasteiger partial charge in [-0.15, -0.1) is 0 Å². The molecule has 0 aliphatic heterocycles. The van der Waals surface area contributed by atoms with E-state index in [0.717, 1.165) is 77.2 Å². The van der Waals surface area contributed by atoms with Crippen molar-refractivity contribution in [2.45, 2.75) is 79.3 Å². The van der Waals surface area contributed by atoms with Crippen LogP contribution in [0.2, 0.25) is 0 Å². The zero-order valence-corrected chi connectivity index (χ0v) is 66.6. The molecule has 16 aromatic rings. The average molecular weight is 1600 g/mol. The number of fused-ring (bicyclic) bond motifs is 2. The van der Waals surface area contributed by atoms with E-state index in [4.69, 9.17) is 61.9 Å². The van der Waals surface area contributed by atoms with Crippen LogP contribution in [0.25, 0.3) is 21.5 Å². The summed E-state index contributed by atoms with van der Waals surface area (Å²) in [6.07, 6.45) is 1.69. The fraction of sp³-hybridized carbons (Fsp3) is 0.113. The van der Waals surface area contributed by atoms with Gasteiger partial charge in [-0.05, 0) is 143 Å². The largest absolute Gasteiger partial charge is 0.485 e. The van der Waals surface area contributed by atoms with Gasteiger partial charge in [-0.3, -0.25) is 4.79 Å². The third kappa shape index (κ3) is 21.9. The Bertz CT molecular complexity index is 5620. The van der Waals surface area contributed by atoms with Crippen LogP contribution in [-0.2, 0) is 79.3 Å². The zero-order chi connectivity index (χ0) is 81.8. The minimum atomic E-state index is -0.588. The Morgan fingerprint density at radius 2 is 0.405 bits per heavy atom. The predicted octanol–water partition coefficient (Wildman–Crippen LogP) is 23.7. The van der Waals surface area contributed by atoms with Crippen LogP contribution in [-0.4, -0.2) is 12.1 Å². The monoisotopic (exact) mass is 1600 g/mol. The highest BCUT2D eigenvalue weighted by atomic mass is 16.6. The van der Waals surface area contributed by atoms with Crippen molar-refractivity contribution in [2.75, 3.05) is 0 Å². The summed E-state index contributed by atoms with van der Waals surface area (Å²) in [5.41, 5.74) is 14.1. The number of ether oxygens (including phenoxy) is 12. The zero-order valence-electron chi connectivity index (χ0n) is 66.6. The summed E-state index contributed by atoms with van der Waals surface area (Å²) in [5, 5.41) is 8.68.